The summed E-state index contributed by atoms with van der Waals surface area (Å²) in [5.74, 6) is -0.514. The molecule has 19 heavy (non-hydrogen) atoms. The lowest BCUT2D eigenvalue weighted by Crippen LogP contribution is -2.35. The normalized spacial score (nSPS) is 15.7. The molecule has 3 rings (SSSR count). The van der Waals surface area contributed by atoms with Gasteiger partial charge in [0, 0.05) is 19.8 Å². The number of carbonyl (C=O) groups excluding carboxylic acids is 1. The first-order valence-electron chi connectivity index (χ1n) is 5.95. The van der Waals surface area contributed by atoms with Crippen LogP contribution in [-0.4, -0.2) is 43.9 Å². The van der Waals surface area contributed by atoms with E-state index in [1.807, 2.05) is 0 Å². The van der Waals surface area contributed by atoms with E-state index in [1.165, 1.54) is 21.9 Å². The Morgan fingerprint density at radius 3 is 3.11 bits per heavy atom. The number of amides is 1. The summed E-state index contributed by atoms with van der Waals surface area (Å²) in [5.41, 5.74) is 1.40. The van der Waals surface area contributed by atoms with Crippen molar-refractivity contribution in [3.05, 3.63) is 29.7 Å². The molecule has 1 aliphatic rings. The molecule has 0 fully saturated rings. The minimum Gasteiger partial charge on any atom is -0.332 e. The van der Waals surface area contributed by atoms with Crippen molar-refractivity contribution in [1.29, 1.82) is 0 Å². The van der Waals surface area contributed by atoms with Gasteiger partial charge in [-0.2, -0.15) is 0 Å². The second-order valence-corrected chi connectivity index (χ2v) is 4.41. The monoisotopic (exact) mass is 261 g/mol. The molecule has 0 N–H and O–H groups in total. The molecule has 0 saturated heterocycles. The van der Waals surface area contributed by atoms with Gasteiger partial charge in [0.25, 0.3) is 5.91 Å². The number of nitrogens with zero attached hydrogens (tertiary/aromatic N) is 5. The van der Waals surface area contributed by atoms with E-state index in [4.69, 9.17) is 0 Å². The summed E-state index contributed by atoms with van der Waals surface area (Å²) in [6.45, 7) is 0.527. The predicted molar refractivity (Wildman–Crippen MR) is 66.0 cm³/mol. The number of carbonyl (C=O) groups is 1. The molecule has 0 atom stereocenters. The molecule has 0 aromatic carbocycles. The molecule has 2 aromatic heterocycles. The second kappa shape index (κ2) is 4.42. The Morgan fingerprint density at radius 1 is 1.47 bits per heavy atom. The maximum atomic E-state index is 13.3. The van der Waals surface area contributed by atoms with E-state index < -0.39 is 0 Å². The molecule has 2 aromatic rings. The number of aromatic nitrogens is 4. The summed E-state index contributed by atoms with van der Waals surface area (Å²) in [4.78, 5) is 18.0. The van der Waals surface area contributed by atoms with Crippen LogP contribution >= 0.6 is 0 Å². The van der Waals surface area contributed by atoms with Crippen molar-refractivity contribution in [2.75, 3.05) is 13.1 Å². The van der Waals surface area contributed by atoms with Gasteiger partial charge in [0.15, 0.2) is 5.65 Å². The van der Waals surface area contributed by atoms with Crippen molar-refractivity contribution in [1.82, 2.24) is 24.9 Å². The summed E-state index contributed by atoms with van der Waals surface area (Å²) < 4.78 is 14.8. The number of hydrogen-bond donors (Lipinski definition) is 0. The van der Waals surface area contributed by atoms with E-state index in [-0.39, 0.29) is 18.3 Å². The maximum absolute atomic E-state index is 13.3. The molecule has 0 spiro atoms. The molecule has 6 nitrogen and oxygen atoms in total. The first kappa shape index (κ1) is 11.8. The molecule has 1 amide bonds. The highest BCUT2D eigenvalue weighted by Crippen LogP contribution is 2.18. The van der Waals surface area contributed by atoms with Crippen molar-refractivity contribution in [2.45, 2.75) is 6.42 Å². The molecular formula is C12H12FN5O. The fourth-order valence-corrected chi connectivity index (χ4v) is 2.15. The van der Waals surface area contributed by atoms with Crippen molar-refractivity contribution in [3.63, 3.8) is 0 Å². The van der Waals surface area contributed by atoms with Gasteiger partial charge in [-0.25, -0.2) is 14.1 Å². The topological polar surface area (TPSA) is 63.9 Å². The summed E-state index contributed by atoms with van der Waals surface area (Å²) in [5, 5.41) is 7.79. The fraction of sp³-hybridized carbons (Fsp3) is 0.333. The number of halogens is 1. The van der Waals surface area contributed by atoms with Crippen LogP contribution in [0, 0.1) is 0 Å². The summed E-state index contributed by atoms with van der Waals surface area (Å²) in [6, 6.07) is 1.59. The first-order valence-corrected chi connectivity index (χ1v) is 5.95. The zero-order valence-corrected chi connectivity index (χ0v) is 10.4. The van der Waals surface area contributed by atoms with E-state index in [2.05, 4.69) is 15.3 Å². The lowest BCUT2D eigenvalue weighted by atomic mass is 10.1. The van der Waals surface area contributed by atoms with E-state index in [9.17, 15) is 9.18 Å². The summed E-state index contributed by atoms with van der Waals surface area (Å²) in [7, 11) is 1.71. The average molecular weight is 261 g/mol. The zero-order chi connectivity index (χ0) is 13.4. The summed E-state index contributed by atoms with van der Waals surface area (Å²) >= 11 is 0. The van der Waals surface area contributed by atoms with Crippen LogP contribution in [0.4, 0.5) is 4.39 Å². The SMILES string of the molecule is Cn1nnc2c(C(=O)N3CCC=C(F)C3)ccnc21. The first-order chi connectivity index (χ1) is 9.16. The van der Waals surface area contributed by atoms with Crippen LogP contribution in [0.2, 0.25) is 0 Å². The van der Waals surface area contributed by atoms with E-state index in [0.29, 0.717) is 29.7 Å². The Bertz CT molecular complexity index is 678. The maximum Gasteiger partial charge on any atom is 0.256 e. The van der Waals surface area contributed by atoms with Gasteiger partial charge in [-0.1, -0.05) is 5.21 Å². The van der Waals surface area contributed by atoms with Crippen LogP contribution in [0.1, 0.15) is 16.8 Å². The number of aryl methyl sites for hydroxylation is 1. The molecule has 0 aliphatic carbocycles. The smallest absolute Gasteiger partial charge is 0.256 e. The van der Waals surface area contributed by atoms with Gasteiger partial charge in [-0.05, 0) is 18.6 Å². The molecule has 0 radical (unpaired) electrons. The predicted octanol–water partition coefficient (Wildman–Crippen LogP) is 1.06. The van der Waals surface area contributed by atoms with Crippen LogP contribution in [0.25, 0.3) is 11.2 Å². The van der Waals surface area contributed by atoms with Gasteiger partial charge in [0.2, 0.25) is 0 Å². The number of rotatable bonds is 1. The highest BCUT2D eigenvalue weighted by molar-refractivity contribution is 6.03. The largest absolute Gasteiger partial charge is 0.332 e. The Balaban J connectivity index is 2.00. The van der Waals surface area contributed by atoms with Crippen LogP contribution < -0.4 is 0 Å². The lowest BCUT2D eigenvalue weighted by Gasteiger charge is -2.24. The van der Waals surface area contributed by atoms with Crippen LogP contribution in [0.3, 0.4) is 0 Å². The van der Waals surface area contributed by atoms with Crippen molar-refractivity contribution < 1.29 is 9.18 Å². The Labute approximate surface area is 108 Å². The Kier molecular flexibility index (Phi) is 2.73. The lowest BCUT2D eigenvalue weighted by molar-refractivity contribution is 0.0757. The van der Waals surface area contributed by atoms with Gasteiger partial charge >= 0.3 is 0 Å². The summed E-state index contributed by atoms with van der Waals surface area (Å²) in [6.07, 6.45) is 3.58. The van der Waals surface area contributed by atoms with E-state index >= 15 is 0 Å². The standard InChI is InChI=1S/C12H12FN5O/c1-17-11-10(15-16-17)9(4-5-14-11)12(19)18-6-2-3-8(13)7-18/h3-5H,2,6-7H2,1H3. The number of fused-ring (bicyclic) bond motifs is 1. The molecule has 0 saturated carbocycles. The third kappa shape index (κ3) is 1.96. The third-order valence-electron chi connectivity index (χ3n) is 3.11. The van der Waals surface area contributed by atoms with Crippen LogP contribution in [0.15, 0.2) is 24.2 Å². The van der Waals surface area contributed by atoms with Gasteiger partial charge in [0.05, 0.1) is 12.1 Å². The molecule has 3 heterocycles. The molecule has 0 unspecified atom stereocenters. The molecule has 7 heteroatoms. The van der Waals surface area contributed by atoms with Gasteiger partial charge in [-0.3, -0.25) is 4.79 Å². The Morgan fingerprint density at radius 2 is 2.32 bits per heavy atom. The quantitative estimate of drug-likeness (QED) is 0.770. The van der Waals surface area contributed by atoms with Crippen molar-refractivity contribution >= 4 is 17.1 Å². The number of pyridine rings is 1. The average Bonchev–Trinajstić information content (AvgIpc) is 2.80. The minimum atomic E-state index is -0.274. The second-order valence-electron chi connectivity index (χ2n) is 4.41. The molecule has 1 aliphatic heterocycles. The van der Waals surface area contributed by atoms with Gasteiger partial charge in [0.1, 0.15) is 11.3 Å². The van der Waals surface area contributed by atoms with Crippen LogP contribution in [0.5, 0.6) is 0 Å². The highest BCUT2D eigenvalue weighted by atomic mass is 19.1. The van der Waals surface area contributed by atoms with Crippen LogP contribution in [-0.2, 0) is 7.05 Å². The Hall–Kier alpha value is -2.31. The molecule has 0 bridgehead atoms. The highest BCUT2D eigenvalue weighted by Gasteiger charge is 2.23. The van der Waals surface area contributed by atoms with Gasteiger partial charge < -0.3 is 4.90 Å². The molecular weight excluding hydrogens is 249 g/mol. The van der Waals surface area contributed by atoms with Gasteiger partial charge in [-0.15, -0.1) is 5.10 Å². The van der Waals surface area contributed by atoms with Crippen molar-refractivity contribution in [3.8, 4) is 0 Å². The third-order valence-corrected chi connectivity index (χ3v) is 3.11. The minimum absolute atomic E-state index is 0.0168. The zero-order valence-electron chi connectivity index (χ0n) is 10.4. The van der Waals surface area contributed by atoms with E-state index in [0.717, 1.165) is 0 Å². The van der Waals surface area contributed by atoms with Crippen molar-refractivity contribution in [2.24, 2.45) is 7.05 Å². The van der Waals surface area contributed by atoms with E-state index in [1.54, 1.807) is 13.1 Å². The number of hydrogen-bond acceptors (Lipinski definition) is 4. The molecule has 98 valence electrons. The fourth-order valence-electron chi connectivity index (χ4n) is 2.15.